The third-order valence-corrected chi connectivity index (χ3v) is 6.02. The van der Waals surface area contributed by atoms with Crippen LogP contribution < -0.4 is 4.72 Å². The second kappa shape index (κ2) is 6.09. The third kappa shape index (κ3) is 2.92. The Morgan fingerprint density at radius 3 is 2.65 bits per heavy atom. The molecule has 0 unspecified atom stereocenters. The van der Waals surface area contributed by atoms with Crippen LogP contribution in [0.5, 0.6) is 0 Å². The zero-order valence-corrected chi connectivity index (χ0v) is 14.5. The summed E-state index contributed by atoms with van der Waals surface area (Å²) in [6, 6.07) is 0. The molecule has 1 aliphatic carbocycles. The van der Waals surface area contributed by atoms with Crippen LogP contribution in [-0.4, -0.2) is 30.1 Å². The van der Waals surface area contributed by atoms with Crippen molar-refractivity contribution in [2.75, 3.05) is 6.54 Å². The van der Waals surface area contributed by atoms with Gasteiger partial charge in [-0.3, -0.25) is 0 Å². The molecule has 0 atom stereocenters. The van der Waals surface area contributed by atoms with Gasteiger partial charge in [-0.25, -0.2) is 13.1 Å². The molecule has 2 aromatic rings. The maximum atomic E-state index is 12.4. The first-order chi connectivity index (χ1) is 10.9. The van der Waals surface area contributed by atoms with Gasteiger partial charge in [-0.1, -0.05) is 13.3 Å². The van der Waals surface area contributed by atoms with Crippen molar-refractivity contribution < 1.29 is 12.8 Å². The van der Waals surface area contributed by atoms with E-state index in [1.54, 1.807) is 13.8 Å². The Bertz CT molecular complexity index is 803. The number of nitrogens with zero attached hydrogens (tertiary/aromatic N) is 2. The molecule has 0 aromatic carbocycles. The van der Waals surface area contributed by atoms with Crippen LogP contribution in [0.3, 0.4) is 0 Å². The largest absolute Gasteiger partial charge is 0.419 e. The lowest BCUT2D eigenvalue weighted by atomic mass is 9.85. The van der Waals surface area contributed by atoms with Crippen molar-refractivity contribution in [2.45, 2.75) is 57.3 Å². The van der Waals surface area contributed by atoms with E-state index in [9.17, 15) is 8.42 Å². The van der Waals surface area contributed by atoms with E-state index in [-0.39, 0.29) is 4.90 Å². The summed E-state index contributed by atoms with van der Waals surface area (Å²) in [6.07, 6.45) is 4.08. The van der Waals surface area contributed by atoms with Gasteiger partial charge in [0, 0.05) is 18.2 Å². The van der Waals surface area contributed by atoms with Crippen LogP contribution in [0.2, 0.25) is 0 Å². The van der Waals surface area contributed by atoms with Crippen LogP contribution in [0.25, 0.3) is 11.6 Å². The molecule has 0 amide bonds. The standard InChI is InChI=1S/C15H22N4O3S/c1-4-8-16-23(20,21)13-9(2)12(17-10(13)3)15-19-18-14(22-15)11-6-5-7-11/h11,16-17H,4-8H2,1-3H3. The van der Waals surface area contributed by atoms with Crippen molar-refractivity contribution in [3.63, 3.8) is 0 Å². The van der Waals surface area contributed by atoms with Crippen molar-refractivity contribution in [1.82, 2.24) is 19.9 Å². The second-order valence-corrected chi connectivity index (χ2v) is 7.75. The highest BCUT2D eigenvalue weighted by atomic mass is 32.2. The lowest BCUT2D eigenvalue weighted by molar-refractivity contribution is 0.338. The highest BCUT2D eigenvalue weighted by Crippen LogP contribution is 2.37. The van der Waals surface area contributed by atoms with Gasteiger partial charge in [0.1, 0.15) is 10.6 Å². The fourth-order valence-corrected chi connectivity index (χ4v) is 4.39. The predicted molar refractivity (Wildman–Crippen MR) is 85.6 cm³/mol. The maximum Gasteiger partial charge on any atom is 0.264 e. The Kier molecular flexibility index (Phi) is 4.29. The lowest BCUT2D eigenvalue weighted by Crippen LogP contribution is -2.25. The van der Waals surface area contributed by atoms with Gasteiger partial charge in [0.05, 0.1) is 0 Å². The van der Waals surface area contributed by atoms with Gasteiger partial charge in [0.15, 0.2) is 0 Å². The molecular formula is C15H22N4O3S. The Hall–Kier alpha value is -1.67. The monoisotopic (exact) mass is 338 g/mol. The molecule has 0 spiro atoms. The smallest absolute Gasteiger partial charge is 0.264 e. The summed E-state index contributed by atoms with van der Waals surface area (Å²) in [7, 11) is -3.55. The predicted octanol–water partition coefficient (Wildman–Crippen LogP) is 2.64. The molecule has 23 heavy (non-hydrogen) atoms. The fourth-order valence-electron chi connectivity index (χ4n) is 2.81. The van der Waals surface area contributed by atoms with Gasteiger partial charge >= 0.3 is 0 Å². The van der Waals surface area contributed by atoms with Gasteiger partial charge in [0.25, 0.3) is 5.89 Å². The number of hydrogen-bond donors (Lipinski definition) is 2. The molecule has 1 aliphatic rings. The molecule has 0 aliphatic heterocycles. The van der Waals surface area contributed by atoms with E-state index in [2.05, 4.69) is 19.9 Å². The molecule has 0 radical (unpaired) electrons. The number of nitrogens with one attached hydrogen (secondary N) is 2. The molecular weight excluding hydrogens is 316 g/mol. The number of hydrogen-bond acceptors (Lipinski definition) is 5. The number of rotatable bonds is 6. The van der Waals surface area contributed by atoms with E-state index in [1.807, 2.05) is 6.92 Å². The van der Waals surface area contributed by atoms with E-state index < -0.39 is 10.0 Å². The molecule has 7 nitrogen and oxygen atoms in total. The first kappa shape index (κ1) is 16.2. The zero-order valence-electron chi connectivity index (χ0n) is 13.6. The normalized spacial score (nSPS) is 15.8. The van der Waals surface area contributed by atoms with E-state index in [1.165, 1.54) is 6.42 Å². The number of H-pyrrole nitrogens is 1. The summed E-state index contributed by atoms with van der Waals surface area (Å²) in [6.45, 7) is 5.83. The quantitative estimate of drug-likeness (QED) is 0.843. The third-order valence-electron chi connectivity index (χ3n) is 4.29. The van der Waals surface area contributed by atoms with Gasteiger partial charge in [-0.15, -0.1) is 10.2 Å². The molecule has 8 heteroatoms. The van der Waals surface area contributed by atoms with Crippen molar-refractivity contribution in [3.8, 4) is 11.6 Å². The topological polar surface area (TPSA) is 101 Å². The fraction of sp³-hybridized carbons (Fsp3) is 0.600. The molecule has 0 saturated heterocycles. The van der Waals surface area contributed by atoms with Crippen molar-refractivity contribution in [1.29, 1.82) is 0 Å². The van der Waals surface area contributed by atoms with Gasteiger partial charge in [-0.2, -0.15) is 0 Å². The number of aromatic amines is 1. The molecule has 2 heterocycles. The van der Waals surface area contributed by atoms with Gasteiger partial charge < -0.3 is 9.40 Å². The molecule has 3 rings (SSSR count). The number of aromatic nitrogens is 3. The Morgan fingerprint density at radius 2 is 2.04 bits per heavy atom. The number of sulfonamides is 1. The first-order valence-corrected chi connectivity index (χ1v) is 9.45. The maximum absolute atomic E-state index is 12.4. The van der Waals surface area contributed by atoms with Crippen LogP contribution in [0, 0.1) is 13.8 Å². The zero-order chi connectivity index (χ0) is 16.6. The first-order valence-electron chi connectivity index (χ1n) is 7.96. The molecule has 1 fully saturated rings. The van der Waals surface area contributed by atoms with Crippen molar-refractivity contribution in [2.24, 2.45) is 0 Å². The second-order valence-electron chi connectivity index (χ2n) is 6.05. The summed E-state index contributed by atoms with van der Waals surface area (Å²) in [5.74, 6) is 1.35. The Labute approximate surface area is 135 Å². The lowest BCUT2D eigenvalue weighted by Gasteiger charge is -2.20. The number of aryl methyl sites for hydroxylation is 1. The summed E-state index contributed by atoms with van der Waals surface area (Å²) in [5.41, 5.74) is 1.76. The van der Waals surface area contributed by atoms with E-state index >= 15 is 0 Å². The van der Waals surface area contributed by atoms with E-state index in [0.29, 0.717) is 41.2 Å². The summed E-state index contributed by atoms with van der Waals surface area (Å²) in [4.78, 5) is 3.35. The minimum absolute atomic E-state index is 0.268. The summed E-state index contributed by atoms with van der Waals surface area (Å²) >= 11 is 0. The highest BCUT2D eigenvalue weighted by molar-refractivity contribution is 7.89. The minimum Gasteiger partial charge on any atom is -0.419 e. The Morgan fingerprint density at radius 1 is 1.30 bits per heavy atom. The van der Waals surface area contributed by atoms with Crippen LogP contribution in [0.4, 0.5) is 0 Å². The average molecular weight is 338 g/mol. The minimum atomic E-state index is -3.55. The molecule has 126 valence electrons. The SMILES string of the molecule is CCCNS(=O)(=O)c1c(C)[nH]c(-c2nnc(C3CCC3)o2)c1C. The molecule has 1 saturated carbocycles. The molecule has 0 bridgehead atoms. The highest BCUT2D eigenvalue weighted by Gasteiger charge is 2.29. The van der Waals surface area contributed by atoms with Crippen LogP contribution in [0.15, 0.2) is 9.31 Å². The van der Waals surface area contributed by atoms with Crippen LogP contribution in [0.1, 0.15) is 55.7 Å². The van der Waals surface area contributed by atoms with Crippen LogP contribution in [-0.2, 0) is 10.0 Å². The molecule has 2 aromatic heterocycles. The average Bonchev–Trinajstić information content (AvgIpc) is 3.00. The summed E-state index contributed by atoms with van der Waals surface area (Å²) in [5, 5.41) is 8.19. The van der Waals surface area contributed by atoms with Crippen LogP contribution >= 0.6 is 0 Å². The summed E-state index contributed by atoms with van der Waals surface area (Å²) < 4.78 is 33.2. The van der Waals surface area contributed by atoms with E-state index in [4.69, 9.17) is 4.42 Å². The van der Waals surface area contributed by atoms with Crippen molar-refractivity contribution >= 4 is 10.0 Å². The van der Waals surface area contributed by atoms with Gasteiger partial charge in [0.2, 0.25) is 15.9 Å². The Balaban J connectivity index is 1.95. The van der Waals surface area contributed by atoms with Gasteiger partial charge in [-0.05, 0) is 38.7 Å². The van der Waals surface area contributed by atoms with E-state index in [0.717, 1.165) is 19.3 Å². The molecule has 2 N–H and O–H groups in total. The van der Waals surface area contributed by atoms with Crippen molar-refractivity contribution in [3.05, 3.63) is 17.1 Å².